The molecule has 96 valence electrons. The van der Waals surface area contributed by atoms with E-state index < -0.39 is 0 Å². The summed E-state index contributed by atoms with van der Waals surface area (Å²) in [4.78, 5) is 12.4. The Hall–Kier alpha value is -2.35. The van der Waals surface area contributed by atoms with Crippen molar-refractivity contribution in [3.63, 3.8) is 0 Å². The molecule has 3 aromatic heterocycles. The highest BCUT2D eigenvalue weighted by Crippen LogP contribution is 2.33. The third-order valence-corrected chi connectivity index (χ3v) is 3.48. The standard InChI is InChI=1S/C11H10N6OS/c1-6-8(11(12-2)19-17-6)10-15-9(16-18-10)7-5-13-3-4-14-7/h3-5,12H,1-2H3. The third kappa shape index (κ3) is 2.06. The fourth-order valence-corrected chi connectivity index (χ4v) is 2.37. The Labute approximate surface area is 112 Å². The van der Waals surface area contributed by atoms with Crippen LogP contribution in [0.1, 0.15) is 5.69 Å². The van der Waals surface area contributed by atoms with Gasteiger partial charge in [0.05, 0.1) is 17.5 Å². The maximum absolute atomic E-state index is 5.28. The lowest BCUT2D eigenvalue weighted by Crippen LogP contribution is -1.89. The van der Waals surface area contributed by atoms with E-state index in [0.29, 0.717) is 17.4 Å². The van der Waals surface area contributed by atoms with Gasteiger partial charge in [-0.25, -0.2) is 4.98 Å². The normalized spacial score (nSPS) is 10.6. The van der Waals surface area contributed by atoms with E-state index in [-0.39, 0.29) is 0 Å². The van der Waals surface area contributed by atoms with Crippen LogP contribution in [0.25, 0.3) is 23.0 Å². The van der Waals surface area contributed by atoms with E-state index >= 15 is 0 Å². The molecule has 0 saturated carbocycles. The number of anilines is 1. The molecule has 0 saturated heterocycles. The molecule has 0 bridgehead atoms. The number of nitrogens with one attached hydrogen (secondary N) is 1. The summed E-state index contributed by atoms with van der Waals surface area (Å²) in [5.41, 5.74) is 2.25. The van der Waals surface area contributed by atoms with Gasteiger partial charge in [0.15, 0.2) is 0 Å². The van der Waals surface area contributed by atoms with E-state index in [9.17, 15) is 0 Å². The quantitative estimate of drug-likeness (QED) is 0.781. The van der Waals surface area contributed by atoms with Gasteiger partial charge in [0.1, 0.15) is 10.7 Å². The number of hydrogen-bond donors (Lipinski definition) is 1. The molecule has 0 aliphatic carbocycles. The van der Waals surface area contributed by atoms with Crippen LogP contribution in [0.15, 0.2) is 23.1 Å². The van der Waals surface area contributed by atoms with Crippen LogP contribution in [0, 0.1) is 6.92 Å². The molecule has 3 heterocycles. The molecular formula is C11H10N6OS. The van der Waals surface area contributed by atoms with Gasteiger partial charge in [0, 0.05) is 19.4 Å². The second-order valence-corrected chi connectivity index (χ2v) is 4.51. The summed E-state index contributed by atoms with van der Waals surface area (Å²) >= 11 is 1.36. The SMILES string of the molecule is CNc1snc(C)c1-c1nc(-c2cnccn2)no1. The van der Waals surface area contributed by atoms with Crippen molar-refractivity contribution in [1.82, 2.24) is 24.5 Å². The second kappa shape index (κ2) is 4.73. The Morgan fingerprint density at radius 3 is 2.95 bits per heavy atom. The summed E-state index contributed by atoms with van der Waals surface area (Å²) in [6.07, 6.45) is 4.77. The first-order valence-corrected chi connectivity index (χ1v) is 6.31. The van der Waals surface area contributed by atoms with Crippen molar-refractivity contribution >= 4 is 16.5 Å². The highest BCUT2D eigenvalue weighted by Gasteiger charge is 2.19. The molecule has 0 aromatic carbocycles. The van der Waals surface area contributed by atoms with Crippen LogP contribution < -0.4 is 5.32 Å². The first-order chi connectivity index (χ1) is 9.29. The first kappa shape index (κ1) is 11.7. The average Bonchev–Trinajstić information content (AvgIpc) is 3.05. The molecule has 0 fully saturated rings. The molecule has 1 N–H and O–H groups in total. The third-order valence-electron chi connectivity index (χ3n) is 2.52. The number of nitrogens with zero attached hydrogens (tertiary/aromatic N) is 5. The van der Waals surface area contributed by atoms with Crippen molar-refractivity contribution in [2.45, 2.75) is 6.92 Å². The molecule has 0 aliphatic heterocycles. The summed E-state index contributed by atoms with van der Waals surface area (Å²) in [7, 11) is 1.83. The number of hydrogen-bond acceptors (Lipinski definition) is 8. The molecule has 0 atom stereocenters. The summed E-state index contributed by atoms with van der Waals surface area (Å²) in [6, 6.07) is 0. The molecule has 0 unspecified atom stereocenters. The lowest BCUT2D eigenvalue weighted by Gasteiger charge is -1.96. The Morgan fingerprint density at radius 2 is 2.21 bits per heavy atom. The van der Waals surface area contributed by atoms with Crippen LogP contribution >= 0.6 is 11.5 Å². The van der Waals surface area contributed by atoms with Gasteiger partial charge in [-0.3, -0.25) is 4.98 Å². The van der Waals surface area contributed by atoms with Crippen molar-refractivity contribution in [3.05, 3.63) is 24.3 Å². The van der Waals surface area contributed by atoms with E-state index in [4.69, 9.17) is 4.52 Å². The molecule has 3 rings (SSSR count). The Balaban J connectivity index is 2.04. The van der Waals surface area contributed by atoms with Crippen molar-refractivity contribution in [2.75, 3.05) is 12.4 Å². The molecular weight excluding hydrogens is 264 g/mol. The van der Waals surface area contributed by atoms with Gasteiger partial charge >= 0.3 is 0 Å². The summed E-state index contributed by atoms with van der Waals surface area (Å²) in [6.45, 7) is 1.90. The smallest absolute Gasteiger partial charge is 0.263 e. The monoisotopic (exact) mass is 274 g/mol. The van der Waals surface area contributed by atoms with E-state index in [1.54, 1.807) is 18.6 Å². The minimum Gasteiger partial charge on any atom is -0.378 e. The van der Waals surface area contributed by atoms with Gasteiger partial charge < -0.3 is 9.84 Å². The van der Waals surface area contributed by atoms with Crippen LogP contribution in [0.5, 0.6) is 0 Å². The van der Waals surface area contributed by atoms with Crippen molar-refractivity contribution in [1.29, 1.82) is 0 Å². The van der Waals surface area contributed by atoms with Crippen LogP contribution in [-0.4, -0.2) is 31.5 Å². The van der Waals surface area contributed by atoms with Gasteiger partial charge in [-0.15, -0.1) is 0 Å². The zero-order chi connectivity index (χ0) is 13.2. The van der Waals surface area contributed by atoms with E-state index in [2.05, 4.69) is 29.8 Å². The molecule has 7 nitrogen and oxygen atoms in total. The highest BCUT2D eigenvalue weighted by atomic mass is 32.1. The van der Waals surface area contributed by atoms with Gasteiger partial charge in [-0.2, -0.15) is 9.36 Å². The predicted octanol–water partition coefficient (Wildman–Crippen LogP) is 2.00. The molecule has 19 heavy (non-hydrogen) atoms. The van der Waals surface area contributed by atoms with Gasteiger partial charge in [0.25, 0.3) is 5.89 Å². The molecule has 8 heteroatoms. The summed E-state index contributed by atoms with van der Waals surface area (Å²) < 4.78 is 9.55. The zero-order valence-corrected chi connectivity index (χ0v) is 11.1. The van der Waals surface area contributed by atoms with E-state index in [1.165, 1.54) is 11.5 Å². The van der Waals surface area contributed by atoms with Crippen LogP contribution in [0.3, 0.4) is 0 Å². The molecule has 0 amide bonds. The van der Waals surface area contributed by atoms with Gasteiger partial charge in [0.2, 0.25) is 5.82 Å². The number of rotatable bonds is 3. The summed E-state index contributed by atoms with van der Waals surface area (Å²) in [5, 5.41) is 7.88. The van der Waals surface area contributed by atoms with E-state index in [0.717, 1.165) is 16.3 Å². The maximum atomic E-state index is 5.28. The second-order valence-electron chi connectivity index (χ2n) is 3.74. The molecule has 0 spiro atoms. The lowest BCUT2D eigenvalue weighted by atomic mass is 10.2. The van der Waals surface area contributed by atoms with Crippen LogP contribution in [-0.2, 0) is 0 Å². The fourth-order valence-electron chi connectivity index (χ4n) is 1.64. The minimum atomic E-state index is 0.413. The van der Waals surface area contributed by atoms with Gasteiger partial charge in [-0.05, 0) is 18.5 Å². The molecule has 0 radical (unpaired) electrons. The lowest BCUT2D eigenvalue weighted by molar-refractivity contribution is 0.432. The zero-order valence-electron chi connectivity index (χ0n) is 10.3. The molecule has 3 aromatic rings. The fraction of sp³-hybridized carbons (Fsp3) is 0.182. The highest BCUT2D eigenvalue weighted by molar-refractivity contribution is 7.10. The first-order valence-electron chi connectivity index (χ1n) is 5.54. The predicted molar refractivity (Wildman–Crippen MR) is 70.7 cm³/mol. The average molecular weight is 274 g/mol. The van der Waals surface area contributed by atoms with Crippen molar-refractivity contribution in [3.8, 4) is 23.0 Å². The van der Waals surface area contributed by atoms with Gasteiger partial charge in [-0.1, -0.05) is 5.16 Å². The minimum absolute atomic E-state index is 0.413. The van der Waals surface area contributed by atoms with Crippen LogP contribution in [0.4, 0.5) is 5.00 Å². The van der Waals surface area contributed by atoms with Crippen molar-refractivity contribution < 1.29 is 4.52 Å². The van der Waals surface area contributed by atoms with E-state index in [1.807, 2.05) is 14.0 Å². The Bertz CT molecular complexity index is 692. The molecule has 0 aliphatic rings. The Kier molecular flexibility index (Phi) is 2.92. The van der Waals surface area contributed by atoms with Crippen molar-refractivity contribution in [2.24, 2.45) is 0 Å². The largest absolute Gasteiger partial charge is 0.378 e. The number of aromatic nitrogens is 5. The number of aryl methyl sites for hydroxylation is 1. The Morgan fingerprint density at radius 1 is 1.32 bits per heavy atom. The van der Waals surface area contributed by atoms with Crippen LogP contribution in [0.2, 0.25) is 0 Å². The summed E-state index contributed by atoms with van der Waals surface area (Å²) in [5.74, 6) is 0.840. The topological polar surface area (TPSA) is 89.6 Å². The maximum Gasteiger partial charge on any atom is 0.263 e.